The number of nitrogens with zero attached hydrogens (tertiary/aromatic N) is 4. The Morgan fingerprint density at radius 3 is 2.58 bits per heavy atom. The highest BCUT2D eigenvalue weighted by atomic mass is 15.3. The van der Waals surface area contributed by atoms with Crippen LogP contribution in [0.15, 0.2) is 48.8 Å². The number of pyridine rings is 1. The van der Waals surface area contributed by atoms with Gasteiger partial charge in [-0.2, -0.15) is 0 Å². The molecule has 3 heterocycles. The van der Waals surface area contributed by atoms with Gasteiger partial charge in [-0.05, 0) is 37.4 Å². The molecule has 0 unspecified atom stereocenters. The van der Waals surface area contributed by atoms with E-state index in [-0.39, 0.29) is 0 Å². The molecular weight excluding hydrogens is 322 g/mol. The quantitative estimate of drug-likeness (QED) is 0.769. The van der Waals surface area contributed by atoms with E-state index in [0.29, 0.717) is 0 Å². The first kappa shape index (κ1) is 17.1. The molecule has 0 radical (unpaired) electrons. The number of H-pyrrole nitrogens is 1. The number of benzene rings is 1. The first-order chi connectivity index (χ1) is 12.7. The minimum atomic E-state index is 0.936. The number of fused-ring (bicyclic) bond motifs is 1. The third kappa shape index (κ3) is 3.74. The number of piperazine rings is 1. The number of para-hydroxylation sites is 1. The number of hydrogen-bond acceptors (Lipinski definition) is 4. The van der Waals surface area contributed by atoms with Crippen molar-refractivity contribution < 1.29 is 0 Å². The van der Waals surface area contributed by atoms with Gasteiger partial charge < -0.3 is 14.8 Å². The first-order valence-electron chi connectivity index (χ1n) is 9.31. The standard InChI is InChI=1S/C21H27N5/c1-24(2)15-17-7-8-21(23-13-17)26-11-9-25(10-12-26)16-18-14-22-20-6-4-3-5-19(18)20/h3-8,13-14,22H,9-12,15-16H2,1-2H3. The molecule has 5 nitrogen and oxygen atoms in total. The predicted octanol–water partition coefficient (Wildman–Crippen LogP) is 2.95. The van der Waals surface area contributed by atoms with Crippen LogP contribution in [0.5, 0.6) is 0 Å². The Kier molecular flexibility index (Phi) is 4.91. The van der Waals surface area contributed by atoms with Crippen LogP contribution in [0.2, 0.25) is 0 Å². The molecule has 1 aromatic carbocycles. The molecule has 1 fully saturated rings. The van der Waals surface area contributed by atoms with Crippen LogP contribution in [-0.2, 0) is 13.1 Å². The summed E-state index contributed by atoms with van der Waals surface area (Å²) >= 11 is 0. The van der Waals surface area contributed by atoms with Gasteiger partial charge in [0.05, 0.1) is 0 Å². The fourth-order valence-electron chi connectivity index (χ4n) is 3.70. The minimum absolute atomic E-state index is 0.936. The Bertz CT molecular complexity index is 844. The lowest BCUT2D eigenvalue weighted by atomic mass is 10.1. The van der Waals surface area contributed by atoms with E-state index in [1.165, 1.54) is 22.0 Å². The molecule has 4 rings (SSSR count). The summed E-state index contributed by atoms with van der Waals surface area (Å²) in [5.74, 6) is 1.10. The highest BCUT2D eigenvalue weighted by molar-refractivity contribution is 5.82. The second-order valence-corrected chi connectivity index (χ2v) is 7.39. The van der Waals surface area contributed by atoms with E-state index in [4.69, 9.17) is 0 Å². The van der Waals surface area contributed by atoms with Crippen LogP contribution < -0.4 is 4.90 Å². The zero-order valence-corrected chi connectivity index (χ0v) is 15.7. The third-order valence-corrected chi connectivity index (χ3v) is 5.07. The molecular formula is C21H27N5. The monoisotopic (exact) mass is 349 g/mol. The number of anilines is 1. The number of rotatable bonds is 5. The van der Waals surface area contributed by atoms with Crippen LogP contribution in [0.25, 0.3) is 10.9 Å². The Morgan fingerprint density at radius 2 is 1.85 bits per heavy atom. The van der Waals surface area contributed by atoms with E-state index in [1.807, 2.05) is 6.20 Å². The van der Waals surface area contributed by atoms with Crippen molar-refractivity contribution in [1.82, 2.24) is 19.8 Å². The smallest absolute Gasteiger partial charge is 0.128 e. The normalized spacial score (nSPS) is 15.9. The average Bonchev–Trinajstić information content (AvgIpc) is 3.06. The van der Waals surface area contributed by atoms with E-state index in [1.54, 1.807) is 0 Å². The molecule has 5 heteroatoms. The zero-order valence-electron chi connectivity index (χ0n) is 15.7. The van der Waals surface area contributed by atoms with Crippen LogP contribution in [0.1, 0.15) is 11.1 Å². The summed E-state index contributed by atoms with van der Waals surface area (Å²) in [4.78, 5) is 15.1. The molecule has 3 aromatic rings. The maximum Gasteiger partial charge on any atom is 0.128 e. The van der Waals surface area contributed by atoms with E-state index >= 15 is 0 Å². The molecule has 0 bridgehead atoms. The molecule has 0 spiro atoms. The molecule has 1 aliphatic rings. The number of nitrogens with one attached hydrogen (secondary N) is 1. The third-order valence-electron chi connectivity index (χ3n) is 5.07. The van der Waals surface area contributed by atoms with Crippen molar-refractivity contribution in [3.8, 4) is 0 Å². The van der Waals surface area contributed by atoms with E-state index < -0.39 is 0 Å². The topological polar surface area (TPSA) is 38.4 Å². The summed E-state index contributed by atoms with van der Waals surface area (Å²) < 4.78 is 0. The minimum Gasteiger partial charge on any atom is -0.361 e. The van der Waals surface area contributed by atoms with Gasteiger partial charge in [-0.3, -0.25) is 4.90 Å². The van der Waals surface area contributed by atoms with Gasteiger partial charge in [0.25, 0.3) is 0 Å². The number of aromatic amines is 1. The van der Waals surface area contributed by atoms with Crippen LogP contribution >= 0.6 is 0 Å². The van der Waals surface area contributed by atoms with Gasteiger partial charge >= 0.3 is 0 Å². The second-order valence-electron chi connectivity index (χ2n) is 7.39. The maximum atomic E-state index is 4.67. The molecule has 136 valence electrons. The largest absolute Gasteiger partial charge is 0.361 e. The summed E-state index contributed by atoms with van der Waals surface area (Å²) in [6.45, 7) is 6.14. The highest BCUT2D eigenvalue weighted by Crippen LogP contribution is 2.21. The van der Waals surface area contributed by atoms with Crippen molar-refractivity contribution in [2.75, 3.05) is 45.2 Å². The van der Waals surface area contributed by atoms with Gasteiger partial charge in [-0.15, -0.1) is 0 Å². The van der Waals surface area contributed by atoms with Crippen LogP contribution in [0.4, 0.5) is 5.82 Å². The average molecular weight is 349 g/mol. The summed E-state index contributed by atoms with van der Waals surface area (Å²) in [5.41, 5.74) is 3.88. The van der Waals surface area contributed by atoms with Gasteiger partial charge in [0.1, 0.15) is 5.82 Å². The number of aromatic nitrogens is 2. The van der Waals surface area contributed by atoms with Gasteiger partial charge in [-0.1, -0.05) is 24.3 Å². The Labute approximate surface area is 155 Å². The molecule has 1 N–H and O–H groups in total. The van der Waals surface area contributed by atoms with Gasteiger partial charge in [0, 0.05) is 62.6 Å². The molecule has 1 aliphatic heterocycles. The van der Waals surface area contributed by atoms with Crippen molar-refractivity contribution in [3.63, 3.8) is 0 Å². The van der Waals surface area contributed by atoms with Crippen LogP contribution in [0.3, 0.4) is 0 Å². The van der Waals surface area contributed by atoms with Gasteiger partial charge in [0.15, 0.2) is 0 Å². The summed E-state index contributed by atoms with van der Waals surface area (Å²) in [6, 6.07) is 12.9. The predicted molar refractivity (Wildman–Crippen MR) is 107 cm³/mol. The summed E-state index contributed by atoms with van der Waals surface area (Å²) in [5, 5.41) is 1.34. The molecule has 2 aromatic heterocycles. The van der Waals surface area contributed by atoms with Crippen molar-refractivity contribution in [1.29, 1.82) is 0 Å². The number of hydrogen-bond donors (Lipinski definition) is 1. The summed E-state index contributed by atoms with van der Waals surface area (Å²) in [7, 11) is 4.17. The highest BCUT2D eigenvalue weighted by Gasteiger charge is 2.19. The van der Waals surface area contributed by atoms with Crippen LogP contribution in [0, 0.1) is 0 Å². The van der Waals surface area contributed by atoms with Crippen LogP contribution in [-0.4, -0.2) is 60.0 Å². The van der Waals surface area contributed by atoms with Gasteiger partial charge in [0.2, 0.25) is 0 Å². The first-order valence-corrected chi connectivity index (χ1v) is 9.31. The summed E-state index contributed by atoms with van der Waals surface area (Å²) in [6.07, 6.45) is 4.16. The zero-order chi connectivity index (χ0) is 17.9. The molecule has 1 saturated heterocycles. The van der Waals surface area contributed by atoms with Crippen molar-refractivity contribution in [3.05, 3.63) is 59.9 Å². The molecule has 0 aliphatic carbocycles. The molecule has 0 amide bonds. The van der Waals surface area contributed by atoms with Crippen molar-refractivity contribution in [2.45, 2.75) is 13.1 Å². The Hall–Kier alpha value is -2.37. The lowest BCUT2D eigenvalue weighted by molar-refractivity contribution is 0.250. The van der Waals surface area contributed by atoms with E-state index in [9.17, 15) is 0 Å². The van der Waals surface area contributed by atoms with Gasteiger partial charge in [-0.25, -0.2) is 4.98 Å². The molecule has 0 saturated carbocycles. The fraction of sp³-hybridized carbons (Fsp3) is 0.381. The second kappa shape index (κ2) is 7.48. The van der Waals surface area contributed by atoms with Crippen molar-refractivity contribution >= 4 is 16.7 Å². The lowest BCUT2D eigenvalue weighted by Crippen LogP contribution is -2.46. The van der Waals surface area contributed by atoms with E-state index in [2.05, 4.69) is 81.4 Å². The molecule has 0 atom stereocenters. The van der Waals surface area contributed by atoms with Crippen molar-refractivity contribution in [2.24, 2.45) is 0 Å². The SMILES string of the molecule is CN(C)Cc1ccc(N2CCN(Cc3c[nH]c4ccccc34)CC2)nc1. The fourth-order valence-corrected chi connectivity index (χ4v) is 3.70. The molecule has 26 heavy (non-hydrogen) atoms. The Morgan fingerprint density at radius 1 is 1.04 bits per heavy atom. The lowest BCUT2D eigenvalue weighted by Gasteiger charge is -2.35. The van der Waals surface area contributed by atoms with E-state index in [0.717, 1.165) is 45.1 Å². The Balaban J connectivity index is 1.35. The maximum absolute atomic E-state index is 4.67.